The molecule has 272 valence electrons. The zero-order valence-corrected chi connectivity index (χ0v) is 32.4. The molecule has 0 radical (unpaired) electrons. The third-order valence-corrected chi connectivity index (χ3v) is 11.6. The molecule has 56 heavy (non-hydrogen) atoms. The molecular weight excluding hydrogens is 683 g/mol. The second-order valence-electron chi connectivity index (χ2n) is 16.5. The summed E-state index contributed by atoms with van der Waals surface area (Å²) >= 11 is 0. The van der Waals surface area contributed by atoms with E-state index >= 15 is 0 Å². The molecule has 0 spiro atoms. The van der Waals surface area contributed by atoms with Crippen molar-refractivity contribution in [3.63, 3.8) is 0 Å². The Morgan fingerprint density at radius 3 is 2.00 bits per heavy atom. The van der Waals surface area contributed by atoms with Gasteiger partial charge in [0.2, 0.25) is 0 Å². The van der Waals surface area contributed by atoms with E-state index in [9.17, 15) is 0 Å². The van der Waals surface area contributed by atoms with Crippen LogP contribution in [0.2, 0.25) is 0 Å². The van der Waals surface area contributed by atoms with Crippen molar-refractivity contribution < 1.29 is 0 Å². The van der Waals surface area contributed by atoms with Gasteiger partial charge in [-0.1, -0.05) is 144 Å². The second-order valence-corrected chi connectivity index (χ2v) is 16.5. The van der Waals surface area contributed by atoms with Crippen LogP contribution in [0.15, 0.2) is 170 Å². The van der Waals surface area contributed by atoms with Crippen LogP contribution in [-0.4, -0.2) is 19.3 Å². The minimum Gasteiger partial charge on any atom is -0.310 e. The van der Waals surface area contributed by atoms with Gasteiger partial charge in [0.05, 0.1) is 28.1 Å². The van der Waals surface area contributed by atoms with Crippen LogP contribution in [-0.2, 0) is 10.8 Å². The molecule has 0 saturated carbocycles. The highest BCUT2D eigenvalue weighted by Crippen LogP contribution is 2.53. The zero-order chi connectivity index (χ0) is 38.2. The van der Waals surface area contributed by atoms with Crippen molar-refractivity contribution >= 4 is 38.9 Å². The first-order valence-electron chi connectivity index (χ1n) is 19.4. The molecule has 4 heterocycles. The van der Waals surface area contributed by atoms with Crippen LogP contribution in [0.3, 0.4) is 0 Å². The van der Waals surface area contributed by atoms with E-state index in [4.69, 9.17) is 10.1 Å². The summed E-state index contributed by atoms with van der Waals surface area (Å²) in [4.78, 5) is 7.41. The molecule has 0 unspecified atom stereocenters. The number of anilines is 3. The van der Waals surface area contributed by atoms with Gasteiger partial charge in [-0.15, -0.1) is 0 Å². The van der Waals surface area contributed by atoms with E-state index in [1.165, 1.54) is 33.2 Å². The second kappa shape index (κ2) is 12.7. The Hall–Kier alpha value is -6.72. The number of rotatable bonds is 5. The third kappa shape index (κ3) is 5.37. The molecule has 0 amide bonds. The maximum Gasteiger partial charge on any atom is 0.137 e. The summed E-state index contributed by atoms with van der Waals surface area (Å²) in [6.45, 7) is 11.4. The summed E-state index contributed by atoms with van der Waals surface area (Å²) in [7, 11) is 0. The molecule has 0 saturated heterocycles. The average molecular weight is 726 g/mol. The summed E-state index contributed by atoms with van der Waals surface area (Å²) in [6, 6.07) is 56.7. The lowest BCUT2D eigenvalue weighted by atomic mass is 9.73. The lowest BCUT2D eigenvalue weighted by molar-refractivity contribution is 0.588. The zero-order valence-electron chi connectivity index (χ0n) is 32.4. The van der Waals surface area contributed by atoms with E-state index in [1.54, 1.807) is 0 Å². The van der Waals surface area contributed by atoms with Crippen LogP contribution in [0.1, 0.15) is 51.3 Å². The van der Waals surface area contributed by atoms with Crippen molar-refractivity contribution in [3.8, 4) is 33.9 Å². The summed E-state index contributed by atoms with van der Waals surface area (Å²) in [5, 5.41) is 7.69. The van der Waals surface area contributed by atoms with E-state index < -0.39 is 0 Å². The average Bonchev–Trinajstić information content (AvgIpc) is 3.82. The molecule has 1 aliphatic rings. The topological polar surface area (TPSA) is 38.9 Å². The molecule has 9 aromatic rings. The van der Waals surface area contributed by atoms with Crippen molar-refractivity contribution in [2.45, 2.75) is 45.4 Å². The number of hydrogen-bond donors (Lipinski definition) is 0. The molecular formula is C51H43N5. The molecule has 0 atom stereocenters. The fourth-order valence-electron chi connectivity index (χ4n) is 8.62. The number of benzene rings is 6. The van der Waals surface area contributed by atoms with Crippen molar-refractivity contribution in [2.75, 3.05) is 4.90 Å². The highest BCUT2D eigenvalue weighted by atomic mass is 15.3. The number of hydrogen-bond acceptors (Lipinski definition) is 3. The first-order chi connectivity index (χ1) is 27.2. The van der Waals surface area contributed by atoms with E-state index in [-0.39, 0.29) is 10.8 Å². The van der Waals surface area contributed by atoms with Crippen molar-refractivity contribution in [2.24, 2.45) is 0 Å². The molecule has 1 aliphatic heterocycles. The van der Waals surface area contributed by atoms with Gasteiger partial charge in [-0.25, -0.2) is 9.67 Å². The van der Waals surface area contributed by atoms with Crippen LogP contribution in [0.25, 0.3) is 55.7 Å². The van der Waals surface area contributed by atoms with E-state index in [2.05, 4.69) is 208 Å². The predicted molar refractivity (Wildman–Crippen MR) is 232 cm³/mol. The summed E-state index contributed by atoms with van der Waals surface area (Å²) in [5.74, 6) is 0.922. The lowest BCUT2D eigenvalue weighted by Crippen LogP contribution is -2.30. The molecule has 5 nitrogen and oxygen atoms in total. The number of pyridine rings is 1. The minimum absolute atomic E-state index is 0.00830. The highest BCUT2D eigenvalue weighted by molar-refractivity contribution is 6.10. The Kier molecular flexibility index (Phi) is 7.65. The molecule has 0 N–H and O–H groups in total. The number of para-hydroxylation sites is 2. The van der Waals surface area contributed by atoms with Gasteiger partial charge in [0.25, 0.3) is 0 Å². The first-order valence-corrected chi connectivity index (χ1v) is 19.4. The largest absolute Gasteiger partial charge is 0.310 e. The number of aromatic nitrogens is 4. The summed E-state index contributed by atoms with van der Waals surface area (Å²) in [6.07, 6.45) is 4.12. The fraction of sp³-hybridized carbons (Fsp3) is 0.137. The Bertz CT molecular complexity index is 2870. The van der Waals surface area contributed by atoms with E-state index in [0.29, 0.717) is 0 Å². The maximum atomic E-state index is 5.28. The van der Waals surface area contributed by atoms with Gasteiger partial charge in [-0.3, -0.25) is 4.57 Å². The SMILES string of the molecule is CC(C)(C)c1ccnc(-n2c3ccccc3c3ccc(N4c5ccccc5C(C)(C)c5ccc(-n6cc(-c7ccccc7)c(-c7ccccc7)n6)cc54)cc32)c1. The summed E-state index contributed by atoms with van der Waals surface area (Å²) in [5.41, 5.74) is 14.5. The molecule has 10 rings (SSSR count). The van der Waals surface area contributed by atoms with Gasteiger partial charge < -0.3 is 4.90 Å². The van der Waals surface area contributed by atoms with Crippen LogP contribution in [0.4, 0.5) is 17.1 Å². The predicted octanol–water partition coefficient (Wildman–Crippen LogP) is 13.1. The quantitative estimate of drug-likeness (QED) is 0.177. The number of fused-ring (bicyclic) bond motifs is 5. The monoisotopic (exact) mass is 725 g/mol. The Labute approximate surface area is 328 Å². The van der Waals surface area contributed by atoms with Crippen molar-refractivity contribution in [1.29, 1.82) is 0 Å². The number of nitrogens with zero attached hydrogens (tertiary/aromatic N) is 5. The molecule has 6 aromatic carbocycles. The third-order valence-electron chi connectivity index (χ3n) is 11.6. The molecule has 3 aromatic heterocycles. The van der Waals surface area contributed by atoms with E-state index in [0.717, 1.165) is 56.3 Å². The van der Waals surface area contributed by atoms with Crippen molar-refractivity contribution in [1.82, 2.24) is 19.3 Å². The minimum atomic E-state index is -0.230. The molecule has 5 heteroatoms. The molecule has 0 fully saturated rings. The van der Waals surface area contributed by atoms with Gasteiger partial charge in [0.1, 0.15) is 11.5 Å². The van der Waals surface area contributed by atoms with Gasteiger partial charge in [0.15, 0.2) is 0 Å². The molecule has 0 aliphatic carbocycles. The van der Waals surface area contributed by atoms with Gasteiger partial charge in [0, 0.05) is 45.4 Å². The Morgan fingerprint density at radius 2 is 1.21 bits per heavy atom. The fourth-order valence-corrected chi connectivity index (χ4v) is 8.62. The van der Waals surface area contributed by atoms with Gasteiger partial charge >= 0.3 is 0 Å². The van der Waals surface area contributed by atoms with Crippen LogP contribution >= 0.6 is 0 Å². The van der Waals surface area contributed by atoms with Crippen LogP contribution in [0.5, 0.6) is 0 Å². The van der Waals surface area contributed by atoms with E-state index in [1.807, 2.05) is 10.9 Å². The summed E-state index contributed by atoms with van der Waals surface area (Å²) < 4.78 is 4.38. The molecule has 0 bridgehead atoms. The van der Waals surface area contributed by atoms with Crippen LogP contribution in [0, 0.1) is 0 Å². The Balaban J connectivity index is 1.19. The van der Waals surface area contributed by atoms with Crippen molar-refractivity contribution in [3.05, 3.63) is 187 Å². The van der Waals surface area contributed by atoms with Gasteiger partial charge in [-0.2, -0.15) is 5.10 Å². The first kappa shape index (κ1) is 33.8. The highest BCUT2D eigenvalue weighted by Gasteiger charge is 2.37. The normalized spacial score (nSPS) is 13.6. The smallest absolute Gasteiger partial charge is 0.137 e. The van der Waals surface area contributed by atoms with Gasteiger partial charge in [-0.05, 0) is 76.2 Å². The maximum absolute atomic E-state index is 5.28. The van der Waals surface area contributed by atoms with Crippen LogP contribution < -0.4 is 4.90 Å². The standard InChI is InChI=1S/C51H43N5/c1-50(2,3)36-28-29-52-48(30-36)56-44-22-14-12-20-39(44)40-26-24-38(32-46(40)56)55-45-23-15-13-21-42(45)51(4,5)43-27-25-37(31-47(43)55)54-33-41(34-16-8-6-9-17-34)49(53-54)35-18-10-7-11-19-35/h6-33H,1-5H3. The Morgan fingerprint density at radius 1 is 0.554 bits per heavy atom. The lowest BCUT2D eigenvalue weighted by Gasteiger charge is -2.42.